The van der Waals surface area contributed by atoms with Gasteiger partial charge >= 0.3 is 0 Å². The highest BCUT2D eigenvalue weighted by Gasteiger charge is 2.11. The minimum absolute atomic E-state index is 0.643. The summed E-state index contributed by atoms with van der Waals surface area (Å²) in [6.45, 7) is 5.12. The summed E-state index contributed by atoms with van der Waals surface area (Å²) in [6.07, 6.45) is 5.61. The highest BCUT2D eigenvalue weighted by molar-refractivity contribution is 5.80. The van der Waals surface area contributed by atoms with E-state index in [9.17, 15) is 0 Å². The summed E-state index contributed by atoms with van der Waals surface area (Å²) < 4.78 is 13.3. The lowest BCUT2D eigenvalue weighted by Crippen LogP contribution is -2.38. The third kappa shape index (κ3) is 2.51. The Kier molecular flexibility index (Phi) is 3.62. The van der Waals surface area contributed by atoms with Gasteiger partial charge in [-0.15, -0.1) is 0 Å². The zero-order valence-corrected chi connectivity index (χ0v) is 12.3. The number of hydrogen-bond donors (Lipinski definition) is 0. The Morgan fingerprint density at radius 2 is 2.09 bits per heavy atom. The second-order valence-electron chi connectivity index (χ2n) is 5.35. The molecule has 0 saturated carbocycles. The number of nitrogens with zero attached hydrogens (tertiary/aromatic N) is 4. The molecule has 1 saturated heterocycles. The molecular weight excluding hydrogens is 280 g/mol. The maximum absolute atomic E-state index is 5.95. The Balaban J connectivity index is 1.53. The molecule has 4 rings (SSSR count). The van der Waals surface area contributed by atoms with Gasteiger partial charge in [-0.25, -0.2) is 9.97 Å². The molecule has 6 nitrogen and oxygen atoms in total. The van der Waals surface area contributed by atoms with Crippen molar-refractivity contribution in [3.63, 3.8) is 0 Å². The molecule has 0 radical (unpaired) electrons. The lowest BCUT2D eigenvalue weighted by atomic mass is 10.3. The number of fused-ring (bicyclic) bond motifs is 3. The number of pyridine rings is 1. The van der Waals surface area contributed by atoms with Crippen LogP contribution in [0.25, 0.3) is 16.7 Å². The molecule has 0 aliphatic carbocycles. The Morgan fingerprint density at radius 1 is 1.18 bits per heavy atom. The standard InChI is InChI=1S/C16H18N4O2/c1-2-13-12-18-15-14(3-4-17-16(15)20(13)5-1)22-11-8-19-6-9-21-10-7-19/h1-5,12H,6-11H2. The quantitative estimate of drug-likeness (QED) is 0.732. The fourth-order valence-electron chi connectivity index (χ4n) is 2.77. The van der Waals surface area contributed by atoms with Crippen LogP contribution in [-0.4, -0.2) is 58.7 Å². The van der Waals surface area contributed by atoms with E-state index in [0.717, 1.165) is 55.3 Å². The summed E-state index contributed by atoms with van der Waals surface area (Å²) in [6, 6.07) is 5.88. The van der Waals surface area contributed by atoms with Crippen LogP contribution in [-0.2, 0) is 4.74 Å². The normalized spacial score (nSPS) is 16.4. The molecule has 114 valence electrons. The van der Waals surface area contributed by atoms with Crippen LogP contribution in [0.15, 0.2) is 36.8 Å². The van der Waals surface area contributed by atoms with Crippen molar-refractivity contribution in [2.75, 3.05) is 39.5 Å². The average molecular weight is 298 g/mol. The molecule has 3 aromatic heterocycles. The first-order valence-electron chi connectivity index (χ1n) is 7.55. The van der Waals surface area contributed by atoms with E-state index < -0.39 is 0 Å². The number of aromatic nitrogens is 3. The van der Waals surface area contributed by atoms with Gasteiger partial charge in [-0.2, -0.15) is 0 Å². The second kappa shape index (κ2) is 5.90. The molecule has 0 atom stereocenters. The lowest BCUT2D eigenvalue weighted by Gasteiger charge is -2.26. The first-order valence-corrected chi connectivity index (χ1v) is 7.55. The van der Waals surface area contributed by atoms with E-state index in [4.69, 9.17) is 9.47 Å². The van der Waals surface area contributed by atoms with E-state index in [0.29, 0.717) is 6.61 Å². The molecule has 1 fully saturated rings. The van der Waals surface area contributed by atoms with Gasteiger partial charge in [-0.1, -0.05) is 0 Å². The van der Waals surface area contributed by atoms with Crippen molar-refractivity contribution in [2.24, 2.45) is 0 Å². The molecule has 1 aliphatic heterocycles. The van der Waals surface area contributed by atoms with Gasteiger partial charge in [-0.3, -0.25) is 9.30 Å². The minimum atomic E-state index is 0.643. The Hall–Kier alpha value is -2.18. The molecule has 0 bridgehead atoms. The lowest BCUT2D eigenvalue weighted by molar-refractivity contribution is 0.0323. The first kappa shape index (κ1) is 13.5. The molecule has 0 amide bonds. The van der Waals surface area contributed by atoms with Crippen LogP contribution in [0.4, 0.5) is 0 Å². The number of hydrogen-bond acceptors (Lipinski definition) is 5. The zero-order valence-electron chi connectivity index (χ0n) is 12.3. The van der Waals surface area contributed by atoms with Crippen molar-refractivity contribution in [3.8, 4) is 5.75 Å². The highest BCUT2D eigenvalue weighted by Crippen LogP contribution is 2.22. The number of rotatable bonds is 4. The van der Waals surface area contributed by atoms with E-state index in [1.165, 1.54) is 0 Å². The van der Waals surface area contributed by atoms with Crippen molar-refractivity contribution in [1.29, 1.82) is 0 Å². The van der Waals surface area contributed by atoms with E-state index >= 15 is 0 Å². The van der Waals surface area contributed by atoms with Crippen molar-refractivity contribution >= 4 is 16.7 Å². The largest absolute Gasteiger partial charge is 0.490 e. The molecule has 22 heavy (non-hydrogen) atoms. The van der Waals surface area contributed by atoms with Gasteiger partial charge in [0.25, 0.3) is 0 Å². The van der Waals surface area contributed by atoms with Crippen LogP contribution in [0.5, 0.6) is 5.75 Å². The van der Waals surface area contributed by atoms with Crippen LogP contribution in [0.1, 0.15) is 0 Å². The average Bonchev–Trinajstić information content (AvgIpc) is 3.05. The van der Waals surface area contributed by atoms with E-state index in [1.54, 1.807) is 6.20 Å². The summed E-state index contributed by atoms with van der Waals surface area (Å²) in [4.78, 5) is 11.3. The second-order valence-corrected chi connectivity index (χ2v) is 5.35. The molecule has 0 aromatic carbocycles. The summed E-state index contributed by atoms with van der Waals surface area (Å²) >= 11 is 0. The predicted octanol–water partition coefficient (Wildman–Crippen LogP) is 1.59. The highest BCUT2D eigenvalue weighted by atomic mass is 16.5. The number of morpholine rings is 1. The van der Waals surface area contributed by atoms with Gasteiger partial charge in [0.15, 0.2) is 5.65 Å². The van der Waals surface area contributed by atoms with Gasteiger partial charge in [0.05, 0.1) is 24.9 Å². The monoisotopic (exact) mass is 298 g/mol. The van der Waals surface area contributed by atoms with Crippen LogP contribution in [0.3, 0.4) is 0 Å². The smallest absolute Gasteiger partial charge is 0.167 e. The molecular formula is C16H18N4O2. The zero-order chi connectivity index (χ0) is 14.8. The SMILES string of the molecule is c1cc2cnc3c(OCCN4CCOCC4)ccnc3n2c1. The van der Waals surface area contributed by atoms with Crippen molar-refractivity contribution in [2.45, 2.75) is 0 Å². The minimum Gasteiger partial charge on any atom is -0.490 e. The predicted molar refractivity (Wildman–Crippen MR) is 83.2 cm³/mol. The fourth-order valence-corrected chi connectivity index (χ4v) is 2.77. The topological polar surface area (TPSA) is 51.9 Å². The Morgan fingerprint density at radius 3 is 3.00 bits per heavy atom. The summed E-state index contributed by atoms with van der Waals surface area (Å²) in [5, 5.41) is 0. The van der Waals surface area contributed by atoms with Crippen LogP contribution in [0, 0.1) is 0 Å². The summed E-state index contributed by atoms with van der Waals surface area (Å²) in [5.74, 6) is 0.786. The Bertz CT molecular complexity index is 780. The third-order valence-corrected chi connectivity index (χ3v) is 3.97. The van der Waals surface area contributed by atoms with E-state index in [-0.39, 0.29) is 0 Å². The van der Waals surface area contributed by atoms with E-state index in [1.807, 2.05) is 35.0 Å². The van der Waals surface area contributed by atoms with Gasteiger partial charge in [0.1, 0.15) is 17.9 Å². The fraction of sp³-hybridized carbons (Fsp3) is 0.375. The molecule has 4 heterocycles. The molecule has 3 aromatic rings. The Labute approximate surface area is 128 Å². The molecule has 0 N–H and O–H groups in total. The van der Waals surface area contributed by atoms with Crippen LogP contribution >= 0.6 is 0 Å². The molecule has 0 unspecified atom stereocenters. The molecule has 0 spiro atoms. The van der Waals surface area contributed by atoms with Crippen LogP contribution in [0.2, 0.25) is 0 Å². The third-order valence-electron chi connectivity index (χ3n) is 3.97. The van der Waals surface area contributed by atoms with Gasteiger partial charge in [-0.05, 0) is 12.1 Å². The van der Waals surface area contributed by atoms with Crippen molar-refractivity contribution in [1.82, 2.24) is 19.3 Å². The molecule has 1 aliphatic rings. The number of ether oxygens (including phenoxy) is 2. The maximum Gasteiger partial charge on any atom is 0.167 e. The van der Waals surface area contributed by atoms with Crippen molar-refractivity contribution < 1.29 is 9.47 Å². The van der Waals surface area contributed by atoms with Crippen molar-refractivity contribution in [3.05, 3.63) is 36.8 Å². The summed E-state index contributed by atoms with van der Waals surface area (Å²) in [7, 11) is 0. The summed E-state index contributed by atoms with van der Waals surface area (Å²) in [5.41, 5.74) is 2.66. The molecule has 6 heteroatoms. The van der Waals surface area contributed by atoms with Gasteiger partial charge in [0.2, 0.25) is 0 Å². The van der Waals surface area contributed by atoms with Crippen LogP contribution < -0.4 is 4.74 Å². The maximum atomic E-state index is 5.95. The van der Waals surface area contributed by atoms with Gasteiger partial charge < -0.3 is 9.47 Å². The first-order chi connectivity index (χ1) is 10.9. The van der Waals surface area contributed by atoms with Gasteiger partial charge in [0, 0.05) is 38.1 Å². The van der Waals surface area contributed by atoms with E-state index in [2.05, 4.69) is 14.9 Å².